The Morgan fingerprint density at radius 1 is 1.22 bits per heavy atom. The fraction of sp³-hybridized carbons (Fsp3) is 0.125. The average molecular weight is 412 g/mol. The van der Waals surface area contributed by atoms with Gasteiger partial charge in [0.2, 0.25) is 5.89 Å². The summed E-state index contributed by atoms with van der Waals surface area (Å²) in [5, 5.41) is 9.34. The number of rotatable bonds is 5. The lowest BCUT2D eigenvalue weighted by atomic mass is 10.2. The molecule has 3 aromatic rings. The summed E-state index contributed by atoms with van der Waals surface area (Å²) in [7, 11) is 1.63. The molecule has 0 spiro atoms. The first-order chi connectivity index (χ1) is 11.2. The molecule has 0 aliphatic rings. The quantitative estimate of drug-likeness (QED) is 0.522. The number of thioether (sulfide) groups is 1. The maximum absolute atomic E-state index is 6.04. The van der Waals surface area contributed by atoms with Crippen molar-refractivity contribution in [2.24, 2.45) is 0 Å². The predicted molar refractivity (Wildman–Crippen MR) is 95.0 cm³/mol. The largest absolute Gasteiger partial charge is 0.496 e. The lowest BCUT2D eigenvalue weighted by Crippen LogP contribution is -1.90. The second-order valence-electron chi connectivity index (χ2n) is 4.60. The highest BCUT2D eigenvalue weighted by Crippen LogP contribution is 2.32. The van der Waals surface area contributed by atoms with Crippen molar-refractivity contribution < 1.29 is 9.15 Å². The minimum atomic E-state index is 0.484. The monoisotopic (exact) mass is 410 g/mol. The zero-order chi connectivity index (χ0) is 16.2. The van der Waals surface area contributed by atoms with Gasteiger partial charge in [0.15, 0.2) is 0 Å². The van der Waals surface area contributed by atoms with Crippen molar-refractivity contribution in [3.8, 4) is 17.2 Å². The number of methoxy groups -OCH3 is 1. The van der Waals surface area contributed by atoms with Gasteiger partial charge in [0.25, 0.3) is 5.22 Å². The number of nitrogens with zero attached hydrogens (tertiary/aromatic N) is 2. The van der Waals surface area contributed by atoms with Crippen molar-refractivity contribution in [2.75, 3.05) is 7.11 Å². The van der Waals surface area contributed by atoms with Crippen LogP contribution < -0.4 is 4.74 Å². The highest BCUT2D eigenvalue weighted by atomic mass is 79.9. The molecule has 0 aliphatic heterocycles. The molecular weight excluding hydrogens is 400 g/mol. The number of aromatic nitrogens is 2. The van der Waals surface area contributed by atoms with E-state index in [1.54, 1.807) is 13.2 Å². The Morgan fingerprint density at radius 2 is 2.04 bits per heavy atom. The van der Waals surface area contributed by atoms with Crippen molar-refractivity contribution in [2.45, 2.75) is 11.0 Å². The minimum Gasteiger partial charge on any atom is -0.496 e. The van der Waals surface area contributed by atoms with Crippen LogP contribution in [0.3, 0.4) is 0 Å². The van der Waals surface area contributed by atoms with E-state index in [9.17, 15) is 0 Å². The SMILES string of the molecule is COc1ccc(Cl)cc1CSc1nnc(-c2ccccc2Br)o1. The van der Waals surface area contributed by atoms with E-state index in [0.717, 1.165) is 21.3 Å². The lowest BCUT2D eigenvalue weighted by Gasteiger charge is -2.07. The van der Waals surface area contributed by atoms with Gasteiger partial charge in [-0.3, -0.25) is 0 Å². The molecule has 0 saturated carbocycles. The van der Waals surface area contributed by atoms with E-state index in [-0.39, 0.29) is 0 Å². The summed E-state index contributed by atoms with van der Waals surface area (Å²) in [5.41, 5.74) is 1.85. The Balaban J connectivity index is 1.76. The van der Waals surface area contributed by atoms with Gasteiger partial charge in [-0.2, -0.15) is 0 Å². The van der Waals surface area contributed by atoms with Crippen LogP contribution in [0.5, 0.6) is 5.75 Å². The third-order valence-electron chi connectivity index (χ3n) is 3.10. The Morgan fingerprint density at radius 3 is 2.83 bits per heavy atom. The van der Waals surface area contributed by atoms with E-state index in [4.69, 9.17) is 20.8 Å². The topological polar surface area (TPSA) is 48.2 Å². The molecule has 0 radical (unpaired) electrons. The summed E-state index contributed by atoms with van der Waals surface area (Å²) in [6.07, 6.45) is 0. The first-order valence-corrected chi connectivity index (χ1v) is 8.86. The highest BCUT2D eigenvalue weighted by Gasteiger charge is 2.13. The smallest absolute Gasteiger partial charge is 0.277 e. The van der Waals surface area contributed by atoms with Crippen LogP contribution in [-0.2, 0) is 5.75 Å². The summed E-state index contributed by atoms with van der Waals surface area (Å²) >= 11 is 11.0. The second kappa shape index (κ2) is 7.38. The van der Waals surface area contributed by atoms with Crippen LogP contribution >= 0.6 is 39.3 Å². The van der Waals surface area contributed by atoms with Crippen molar-refractivity contribution >= 4 is 39.3 Å². The molecule has 0 saturated heterocycles. The van der Waals surface area contributed by atoms with Gasteiger partial charge in [-0.05, 0) is 46.3 Å². The maximum Gasteiger partial charge on any atom is 0.277 e. The summed E-state index contributed by atoms with van der Waals surface area (Å²) in [6.45, 7) is 0. The lowest BCUT2D eigenvalue weighted by molar-refractivity contribution is 0.411. The molecule has 4 nitrogen and oxygen atoms in total. The van der Waals surface area contributed by atoms with Crippen molar-refractivity contribution in [1.82, 2.24) is 10.2 Å². The minimum absolute atomic E-state index is 0.484. The number of hydrogen-bond donors (Lipinski definition) is 0. The van der Waals surface area contributed by atoms with Gasteiger partial charge in [-0.15, -0.1) is 10.2 Å². The van der Waals surface area contributed by atoms with Crippen LogP contribution in [0.1, 0.15) is 5.56 Å². The third-order valence-corrected chi connectivity index (χ3v) is 4.90. The van der Waals surface area contributed by atoms with Crippen LogP contribution in [0.4, 0.5) is 0 Å². The normalized spacial score (nSPS) is 10.7. The average Bonchev–Trinajstić information content (AvgIpc) is 3.02. The van der Waals surface area contributed by atoms with Gasteiger partial charge in [0, 0.05) is 20.8 Å². The van der Waals surface area contributed by atoms with E-state index in [1.807, 2.05) is 36.4 Å². The molecule has 0 fully saturated rings. The Hall–Kier alpha value is -1.50. The standard InChI is InChI=1S/C16H12BrClN2O2S/c1-21-14-7-6-11(18)8-10(14)9-23-16-20-19-15(22-16)12-4-2-3-5-13(12)17/h2-8H,9H2,1H3. The molecule has 3 rings (SSSR count). The van der Waals surface area contributed by atoms with Crippen LogP contribution in [0.15, 0.2) is 56.6 Å². The zero-order valence-corrected chi connectivity index (χ0v) is 15.3. The molecule has 118 valence electrons. The maximum atomic E-state index is 6.04. The van der Waals surface area contributed by atoms with Gasteiger partial charge in [-0.1, -0.05) is 35.5 Å². The first kappa shape index (κ1) is 16.4. The fourth-order valence-corrected chi connectivity index (χ4v) is 3.40. The second-order valence-corrected chi connectivity index (χ2v) is 6.82. The molecule has 0 amide bonds. The zero-order valence-electron chi connectivity index (χ0n) is 12.1. The Kier molecular flexibility index (Phi) is 5.25. The van der Waals surface area contributed by atoms with E-state index in [1.165, 1.54) is 11.8 Å². The van der Waals surface area contributed by atoms with Crippen LogP contribution in [0.2, 0.25) is 5.02 Å². The molecule has 0 unspecified atom stereocenters. The molecule has 0 bridgehead atoms. The predicted octanol–water partition coefficient (Wildman–Crippen LogP) is 5.45. The van der Waals surface area contributed by atoms with Crippen LogP contribution in [-0.4, -0.2) is 17.3 Å². The molecule has 0 aliphatic carbocycles. The summed E-state index contributed by atoms with van der Waals surface area (Å²) < 4.78 is 12.0. The summed E-state index contributed by atoms with van der Waals surface area (Å²) in [4.78, 5) is 0. The molecule has 23 heavy (non-hydrogen) atoms. The van der Waals surface area contributed by atoms with Gasteiger partial charge < -0.3 is 9.15 Å². The molecule has 1 aromatic heterocycles. The molecule has 7 heteroatoms. The first-order valence-electron chi connectivity index (χ1n) is 6.71. The van der Waals surface area contributed by atoms with Crippen LogP contribution in [0, 0.1) is 0 Å². The van der Waals surface area contributed by atoms with Crippen molar-refractivity contribution in [1.29, 1.82) is 0 Å². The third kappa shape index (κ3) is 3.88. The molecule has 2 aromatic carbocycles. The molecule has 0 atom stereocenters. The van der Waals surface area contributed by atoms with Gasteiger partial charge in [-0.25, -0.2) is 0 Å². The highest BCUT2D eigenvalue weighted by molar-refractivity contribution is 9.10. The number of hydrogen-bond acceptors (Lipinski definition) is 5. The van der Waals surface area contributed by atoms with Gasteiger partial charge in [0.05, 0.1) is 12.7 Å². The van der Waals surface area contributed by atoms with Gasteiger partial charge in [0.1, 0.15) is 5.75 Å². The van der Waals surface area contributed by atoms with E-state index >= 15 is 0 Å². The number of ether oxygens (including phenoxy) is 1. The molecule has 1 heterocycles. The summed E-state index contributed by atoms with van der Waals surface area (Å²) in [6, 6.07) is 13.2. The van der Waals surface area contributed by atoms with E-state index in [2.05, 4.69) is 26.1 Å². The van der Waals surface area contributed by atoms with E-state index in [0.29, 0.717) is 21.9 Å². The Labute approximate surface area is 151 Å². The molecular formula is C16H12BrClN2O2S. The molecule has 0 N–H and O–H groups in total. The van der Waals surface area contributed by atoms with Gasteiger partial charge >= 0.3 is 0 Å². The summed E-state index contributed by atoms with van der Waals surface area (Å²) in [5.74, 6) is 1.90. The van der Waals surface area contributed by atoms with Crippen molar-refractivity contribution in [3.63, 3.8) is 0 Å². The van der Waals surface area contributed by atoms with Crippen molar-refractivity contribution in [3.05, 3.63) is 57.5 Å². The van der Waals surface area contributed by atoms with Crippen LogP contribution in [0.25, 0.3) is 11.5 Å². The fourth-order valence-electron chi connectivity index (χ4n) is 2.01. The van der Waals surface area contributed by atoms with E-state index < -0.39 is 0 Å². The number of benzene rings is 2. The number of halogens is 2. The Bertz CT molecular complexity index is 825.